The molecule has 8 nitrogen and oxygen atoms in total. The van der Waals surface area contributed by atoms with Gasteiger partial charge >= 0.3 is 0 Å². The molecule has 8 heteroatoms. The molecule has 1 atom stereocenters. The van der Waals surface area contributed by atoms with Gasteiger partial charge in [0.15, 0.2) is 0 Å². The van der Waals surface area contributed by atoms with E-state index in [2.05, 4.69) is 25.9 Å². The first kappa shape index (κ1) is 18.5. The van der Waals surface area contributed by atoms with Crippen LogP contribution >= 0.6 is 0 Å². The van der Waals surface area contributed by atoms with Crippen molar-refractivity contribution in [2.45, 2.75) is 25.6 Å². The lowest BCUT2D eigenvalue weighted by Crippen LogP contribution is -2.34. The van der Waals surface area contributed by atoms with Crippen LogP contribution in [0.25, 0.3) is 0 Å². The molecule has 0 saturated carbocycles. The highest BCUT2D eigenvalue weighted by molar-refractivity contribution is 5.80. The molecule has 146 valence electrons. The highest BCUT2D eigenvalue weighted by Crippen LogP contribution is 2.15. The molecule has 0 radical (unpaired) electrons. The maximum absolute atomic E-state index is 13.0. The summed E-state index contributed by atoms with van der Waals surface area (Å²) in [5.74, 6) is -0.130. The van der Waals surface area contributed by atoms with Crippen LogP contribution in [0.4, 0.5) is 0 Å². The van der Waals surface area contributed by atoms with Gasteiger partial charge < -0.3 is 5.32 Å². The molecule has 0 aliphatic heterocycles. The molecule has 1 amide bonds. The number of carbonyl (C=O) groups is 1. The third kappa shape index (κ3) is 4.73. The fourth-order valence-corrected chi connectivity index (χ4v) is 3.21. The van der Waals surface area contributed by atoms with Gasteiger partial charge in [0.05, 0.1) is 6.54 Å². The van der Waals surface area contributed by atoms with E-state index in [0.29, 0.717) is 19.5 Å². The van der Waals surface area contributed by atoms with Crippen LogP contribution < -0.4 is 5.32 Å². The molecule has 0 spiro atoms. The van der Waals surface area contributed by atoms with Gasteiger partial charge in [-0.25, -0.2) is 4.68 Å². The molecule has 1 N–H and O–H groups in total. The Kier molecular flexibility index (Phi) is 5.70. The molecule has 2 heterocycles. The molecule has 29 heavy (non-hydrogen) atoms. The number of carbonyl (C=O) groups excluding carboxylic acids is 1. The first-order valence-corrected chi connectivity index (χ1v) is 9.38. The lowest BCUT2D eigenvalue weighted by Gasteiger charge is -2.17. The summed E-state index contributed by atoms with van der Waals surface area (Å²) in [6, 6.07) is 19.2. The van der Waals surface area contributed by atoms with Crippen LogP contribution in [0.1, 0.15) is 22.7 Å². The fraction of sp³-hybridized carbons (Fsp3) is 0.190. The summed E-state index contributed by atoms with van der Waals surface area (Å²) in [5, 5.41) is 18.6. The summed E-state index contributed by atoms with van der Waals surface area (Å²) < 4.78 is 3.36. The van der Waals surface area contributed by atoms with Crippen molar-refractivity contribution in [3.8, 4) is 0 Å². The smallest absolute Gasteiger partial charge is 0.245 e. The first-order chi connectivity index (χ1) is 14.3. The summed E-state index contributed by atoms with van der Waals surface area (Å²) in [6.07, 6.45) is 5.65. The van der Waals surface area contributed by atoms with Crippen molar-refractivity contribution in [1.29, 1.82) is 0 Å². The van der Waals surface area contributed by atoms with Gasteiger partial charge in [0.1, 0.15) is 12.4 Å². The van der Waals surface area contributed by atoms with Crippen LogP contribution in [0.5, 0.6) is 0 Å². The molecule has 0 saturated heterocycles. The van der Waals surface area contributed by atoms with Crippen LogP contribution in [0.15, 0.2) is 79.4 Å². The Morgan fingerprint density at radius 1 is 1.00 bits per heavy atom. The molecule has 0 aliphatic rings. The second kappa shape index (κ2) is 8.92. The zero-order valence-electron chi connectivity index (χ0n) is 15.8. The molecule has 4 aromatic rings. The van der Waals surface area contributed by atoms with Gasteiger partial charge in [-0.1, -0.05) is 54.6 Å². The summed E-state index contributed by atoms with van der Waals surface area (Å²) in [5.41, 5.74) is 3.20. The maximum atomic E-state index is 13.0. The van der Waals surface area contributed by atoms with E-state index in [9.17, 15) is 4.79 Å². The number of hydrogen-bond donors (Lipinski definition) is 1. The fourth-order valence-electron chi connectivity index (χ4n) is 3.21. The number of rotatable bonds is 8. The Hall–Kier alpha value is -3.81. The molecule has 2 aromatic carbocycles. The predicted octanol–water partition coefficient (Wildman–Crippen LogP) is 2.02. The normalized spacial score (nSPS) is 11.9. The van der Waals surface area contributed by atoms with E-state index in [0.717, 1.165) is 16.7 Å². The molecule has 2 aromatic heterocycles. The van der Waals surface area contributed by atoms with Gasteiger partial charge in [-0.3, -0.25) is 9.48 Å². The van der Waals surface area contributed by atoms with Crippen LogP contribution in [-0.2, 0) is 24.3 Å². The molecular weight excluding hydrogens is 366 g/mol. The summed E-state index contributed by atoms with van der Waals surface area (Å²) >= 11 is 0. The maximum Gasteiger partial charge on any atom is 0.245 e. The van der Waals surface area contributed by atoms with Gasteiger partial charge in [-0.15, -0.1) is 5.10 Å². The average Bonchev–Trinajstić information content (AvgIpc) is 3.46. The van der Waals surface area contributed by atoms with Crippen molar-refractivity contribution in [1.82, 2.24) is 35.3 Å². The van der Waals surface area contributed by atoms with Crippen LogP contribution in [0, 0.1) is 0 Å². The lowest BCUT2D eigenvalue weighted by molar-refractivity contribution is -0.124. The highest BCUT2D eigenvalue weighted by atomic mass is 16.2. The lowest BCUT2D eigenvalue weighted by atomic mass is 10.0. The van der Waals surface area contributed by atoms with Crippen molar-refractivity contribution in [3.63, 3.8) is 0 Å². The van der Waals surface area contributed by atoms with Gasteiger partial charge in [0.2, 0.25) is 5.91 Å². The van der Waals surface area contributed by atoms with Crippen LogP contribution in [-0.4, -0.2) is 35.9 Å². The van der Waals surface area contributed by atoms with E-state index in [4.69, 9.17) is 0 Å². The standard InChI is InChI=1S/C21H21N7O/c29-21(20(28-16-23-25-26-28)13-17-7-2-1-3-8-17)22-14-18-9-4-5-10-19(18)15-27-12-6-11-24-27/h1-12,16,20H,13-15H2,(H,22,29)/t20-/m0/s1. The Morgan fingerprint density at radius 2 is 1.79 bits per heavy atom. The van der Waals surface area contributed by atoms with Crippen molar-refractivity contribution < 1.29 is 4.79 Å². The SMILES string of the molecule is O=C(NCc1ccccc1Cn1cccn1)[C@H](Cc1ccccc1)n1cnnn1. The number of tetrazole rings is 1. The number of nitrogens with zero attached hydrogens (tertiary/aromatic N) is 6. The van der Waals surface area contributed by atoms with Crippen molar-refractivity contribution >= 4 is 5.91 Å². The van der Waals surface area contributed by atoms with E-state index in [1.807, 2.05) is 71.5 Å². The predicted molar refractivity (Wildman–Crippen MR) is 107 cm³/mol. The van der Waals surface area contributed by atoms with Crippen LogP contribution in [0.2, 0.25) is 0 Å². The van der Waals surface area contributed by atoms with Gasteiger partial charge in [-0.05, 0) is 33.2 Å². The van der Waals surface area contributed by atoms with Gasteiger partial charge in [0, 0.05) is 25.4 Å². The largest absolute Gasteiger partial charge is 0.350 e. The molecule has 0 aliphatic carbocycles. The van der Waals surface area contributed by atoms with Crippen molar-refractivity contribution in [2.75, 3.05) is 0 Å². The minimum Gasteiger partial charge on any atom is -0.350 e. The minimum atomic E-state index is -0.523. The number of hydrogen-bond acceptors (Lipinski definition) is 5. The molecular formula is C21H21N7O. The Labute approximate surface area is 168 Å². The van der Waals surface area contributed by atoms with E-state index in [1.165, 1.54) is 11.0 Å². The minimum absolute atomic E-state index is 0.130. The highest BCUT2D eigenvalue weighted by Gasteiger charge is 2.22. The number of nitrogens with one attached hydrogen (secondary N) is 1. The third-order valence-electron chi connectivity index (χ3n) is 4.72. The van der Waals surface area contributed by atoms with E-state index >= 15 is 0 Å². The van der Waals surface area contributed by atoms with Crippen molar-refractivity contribution in [3.05, 3.63) is 96.1 Å². The van der Waals surface area contributed by atoms with E-state index in [1.54, 1.807) is 6.20 Å². The molecule has 4 rings (SSSR count). The van der Waals surface area contributed by atoms with Crippen molar-refractivity contribution in [2.24, 2.45) is 0 Å². The van der Waals surface area contributed by atoms with Gasteiger partial charge in [-0.2, -0.15) is 5.10 Å². The molecule has 0 fully saturated rings. The quantitative estimate of drug-likeness (QED) is 0.499. The topological polar surface area (TPSA) is 90.5 Å². The molecule has 0 bridgehead atoms. The van der Waals surface area contributed by atoms with Gasteiger partial charge in [0.25, 0.3) is 0 Å². The van der Waals surface area contributed by atoms with Crippen LogP contribution in [0.3, 0.4) is 0 Å². The summed E-state index contributed by atoms with van der Waals surface area (Å²) in [4.78, 5) is 13.0. The second-order valence-corrected chi connectivity index (χ2v) is 6.69. The number of benzene rings is 2. The Bertz CT molecular complexity index is 1030. The van der Waals surface area contributed by atoms with E-state index in [-0.39, 0.29) is 5.91 Å². The molecule has 0 unspecified atom stereocenters. The van der Waals surface area contributed by atoms with E-state index < -0.39 is 6.04 Å². The zero-order chi connectivity index (χ0) is 19.9. The average molecular weight is 387 g/mol. The summed E-state index contributed by atoms with van der Waals surface area (Å²) in [7, 11) is 0. The number of aromatic nitrogens is 6. The summed E-state index contributed by atoms with van der Waals surface area (Å²) in [6.45, 7) is 1.07. The second-order valence-electron chi connectivity index (χ2n) is 6.69. The monoisotopic (exact) mass is 387 g/mol. The third-order valence-corrected chi connectivity index (χ3v) is 4.72. The zero-order valence-corrected chi connectivity index (χ0v) is 15.8. The Morgan fingerprint density at radius 3 is 2.52 bits per heavy atom. The first-order valence-electron chi connectivity index (χ1n) is 9.38. The number of amides is 1. The Balaban J connectivity index is 1.47.